The minimum atomic E-state index is 1.08. The van der Waals surface area contributed by atoms with E-state index in [9.17, 15) is 0 Å². The lowest BCUT2D eigenvalue weighted by Crippen LogP contribution is -2.13. The average molecular weight is 821 g/mol. The molecule has 3 heteroatoms. The zero-order valence-electron chi connectivity index (χ0n) is 34.4. The molecule has 63 heavy (non-hydrogen) atoms. The molecule has 0 saturated heterocycles. The van der Waals surface area contributed by atoms with Crippen molar-refractivity contribution >= 4 is 98.0 Å². The fourth-order valence-corrected chi connectivity index (χ4v) is 10.5. The van der Waals surface area contributed by atoms with Crippen LogP contribution >= 0.6 is 11.3 Å². The summed E-state index contributed by atoms with van der Waals surface area (Å²) in [7, 11) is 0. The molecule has 1 aromatic heterocycles. The summed E-state index contributed by atoms with van der Waals surface area (Å²) < 4.78 is 2.50. The van der Waals surface area contributed by atoms with Gasteiger partial charge in [-0.05, 0) is 127 Å². The van der Waals surface area contributed by atoms with Crippen molar-refractivity contribution in [2.45, 2.75) is 0 Å². The molecular weight excluding hydrogens is 781 g/mol. The van der Waals surface area contributed by atoms with Crippen LogP contribution in [0.15, 0.2) is 243 Å². The molecule has 2 nitrogen and oxygen atoms in total. The van der Waals surface area contributed by atoms with Gasteiger partial charge in [0.1, 0.15) is 0 Å². The topological polar surface area (TPSA) is 6.48 Å². The van der Waals surface area contributed by atoms with Gasteiger partial charge in [-0.15, -0.1) is 11.3 Å². The summed E-state index contributed by atoms with van der Waals surface area (Å²) in [6.45, 7) is 0. The van der Waals surface area contributed by atoms with Crippen LogP contribution in [0.2, 0.25) is 0 Å². The van der Waals surface area contributed by atoms with Gasteiger partial charge in [0.05, 0.1) is 10.4 Å². The van der Waals surface area contributed by atoms with Crippen LogP contribution in [0.5, 0.6) is 0 Å². The number of thiophene rings is 1. The van der Waals surface area contributed by atoms with Crippen LogP contribution in [0.3, 0.4) is 0 Å². The van der Waals surface area contributed by atoms with Crippen LogP contribution in [-0.4, -0.2) is 0 Å². The molecule has 0 aliphatic heterocycles. The maximum Gasteiger partial charge on any atom is 0.0661 e. The third-order valence-corrected chi connectivity index (χ3v) is 13.5. The molecule has 296 valence electrons. The molecule has 0 atom stereocenters. The van der Waals surface area contributed by atoms with Gasteiger partial charge in [-0.25, -0.2) is 0 Å². The number of rotatable bonds is 8. The number of hydrogen-bond donors (Lipinski definition) is 0. The van der Waals surface area contributed by atoms with Gasteiger partial charge < -0.3 is 9.80 Å². The van der Waals surface area contributed by atoms with Crippen LogP contribution in [0.1, 0.15) is 0 Å². The summed E-state index contributed by atoms with van der Waals surface area (Å²) in [6, 6.07) is 88.7. The highest BCUT2D eigenvalue weighted by Gasteiger charge is 2.24. The van der Waals surface area contributed by atoms with Gasteiger partial charge in [0.25, 0.3) is 0 Å². The number of hydrogen-bond acceptors (Lipinski definition) is 3. The van der Waals surface area contributed by atoms with Crippen molar-refractivity contribution < 1.29 is 0 Å². The first-order chi connectivity index (χ1) is 31.2. The highest BCUT2D eigenvalue weighted by molar-refractivity contribution is 7.26. The lowest BCUT2D eigenvalue weighted by Gasteiger charge is -2.31. The second kappa shape index (κ2) is 15.5. The van der Waals surface area contributed by atoms with E-state index in [0.29, 0.717) is 0 Å². The maximum absolute atomic E-state index is 2.48. The smallest absolute Gasteiger partial charge is 0.0661 e. The Hall–Kier alpha value is -7.98. The SMILES string of the molecule is c1ccc(-c2cccc(N(c3ccc4ccccc4c3)c3cc(N(c4ccccc4)c4cc(-c5ccccc5)c5ccccc5c4)cc4c3sc3cc5ccccc5cc34)c2)cc1. The van der Waals surface area contributed by atoms with E-state index in [1.807, 2.05) is 11.3 Å². The van der Waals surface area contributed by atoms with E-state index in [2.05, 4.69) is 252 Å². The zero-order chi connectivity index (χ0) is 41.7. The van der Waals surface area contributed by atoms with Gasteiger partial charge in [0.2, 0.25) is 0 Å². The Balaban J connectivity index is 1.18. The zero-order valence-corrected chi connectivity index (χ0v) is 35.2. The van der Waals surface area contributed by atoms with Crippen molar-refractivity contribution in [3.63, 3.8) is 0 Å². The van der Waals surface area contributed by atoms with Crippen LogP contribution in [0, 0.1) is 0 Å². The molecule has 0 spiro atoms. The van der Waals surface area contributed by atoms with E-state index >= 15 is 0 Å². The first kappa shape index (κ1) is 36.8. The first-order valence-corrected chi connectivity index (χ1v) is 22.3. The fourth-order valence-electron chi connectivity index (χ4n) is 9.33. The number of anilines is 6. The van der Waals surface area contributed by atoms with Gasteiger partial charge in [0, 0.05) is 43.9 Å². The summed E-state index contributed by atoms with van der Waals surface area (Å²) in [5.74, 6) is 0. The average Bonchev–Trinajstić information content (AvgIpc) is 3.71. The van der Waals surface area contributed by atoms with E-state index in [-0.39, 0.29) is 0 Å². The highest BCUT2D eigenvalue weighted by atomic mass is 32.1. The number of para-hydroxylation sites is 1. The maximum atomic E-state index is 2.48. The minimum Gasteiger partial charge on any atom is -0.310 e. The largest absolute Gasteiger partial charge is 0.310 e. The Bertz CT molecular complexity index is 3630. The van der Waals surface area contributed by atoms with Crippen molar-refractivity contribution in [1.82, 2.24) is 0 Å². The number of nitrogens with zero attached hydrogens (tertiary/aromatic N) is 2. The fraction of sp³-hybridized carbons (Fsp3) is 0. The normalized spacial score (nSPS) is 11.5. The Morgan fingerprint density at radius 1 is 0.270 bits per heavy atom. The molecule has 0 fully saturated rings. The predicted octanol–water partition coefficient (Wildman–Crippen LogP) is 17.8. The lowest BCUT2D eigenvalue weighted by atomic mass is 9.96. The second-order valence-corrected chi connectivity index (χ2v) is 17.2. The van der Waals surface area contributed by atoms with Crippen LogP contribution in [0.25, 0.3) is 74.7 Å². The molecule has 0 N–H and O–H groups in total. The van der Waals surface area contributed by atoms with E-state index in [0.717, 1.165) is 34.1 Å². The summed E-state index contributed by atoms with van der Waals surface area (Å²) in [5, 5.41) is 9.80. The molecule has 0 radical (unpaired) electrons. The van der Waals surface area contributed by atoms with Crippen molar-refractivity contribution in [2.75, 3.05) is 9.80 Å². The van der Waals surface area contributed by atoms with Gasteiger partial charge in [-0.1, -0.05) is 170 Å². The monoisotopic (exact) mass is 820 g/mol. The summed E-state index contributed by atoms with van der Waals surface area (Å²) in [4.78, 5) is 4.93. The minimum absolute atomic E-state index is 1.08. The van der Waals surface area contributed by atoms with Crippen LogP contribution in [-0.2, 0) is 0 Å². The molecule has 12 rings (SSSR count). The Labute approximate surface area is 370 Å². The summed E-state index contributed by atoms with van der Waals surface area (Å²) in [6.07, 6.45) is 0. The third-order valence-electron chi connectivity index (χ3n) is 12.3. The summed E-state index contributed by atoms with van der Waals surface area (Å²) in [5.41, 5.74) is 11.3. The molecule has 11 aromatic carbocycles. The molecule has 0 saturated carbocycles. The first-order valence-electron chi connectivity index (χ1n) is 21.5. The quantitative estimate of drug-likeness (QED) is 0.151. The van der Waals surface area contributed by atoms with Crippen molar-refractivity contribution in [2.24, 2.45) is 0 Å². The Morgan fingerprint density at radius 3 is 1.59 bits per heavy atom. The van der Waals surface area contributed by atoms with Gasteiger partial charge in [-0.2, -0.15) is 0 Å². The van der Waals surface area contributed by atoms with Crippen LogP contribution in [0.4, 0.5) is 34.1 Å². The number of benzene rings is 11. The molecule has 0 amide bonds. The van der Waals surface area contributed by atoms with Gasteiger partial charge >= 0.3 is 0 Å². The van der Waals surface area contributed by atoms with Gasteiger partial charge in [0.15, 0.2) is 0 Å². The molecular formula is C60H40N2S. The van der Waals surface area contributed by atoms with Crippen molar-refractivity contribution in [1.29, 1.82) is 0 Å². The Morgan fingerprint density at radius 2 is 0.825 bits per heavy atom. The van der Waals surface area contributed by atoms with E-state index in [1.165, 1.54) is 74.7 Å². The predicted molar refractivity (Wildman–Crippen MR) is 272 cm³/mol. The number of fused-ring (bicyclic) bond motifs is 6. The standard InChI is InChI=1S/C60H40N2S/c1-4-17-41(18-5-1)45-26-16-29-50(33-45)62(51-32-31-42-19-10-11-22-44(42)34-51)58-40-53(39-57-56-36-46-23-12-13-24-47(46)37-59(56)63-60(57)58)61(49-27-8-3-9-28-49)52-35-48-25-14-15-30-54(48)55(38-52)43-20-6-2-7-21-43/h1-40H. The molecule has 0 bridgehead atoms. The molecule has 0 unspecified atom stereocenters. The summed E-state index contributed by atoms with van der Waals surface area (Å²) >= 11 is 1.88. The second-order valence-electron chi connectivity index (χ2n) is 16.2. The van der Waals surface area contributed by atoms with Crippen molar-refractivity contribution in [3.05, 3.63) is 243 Å². The molecule has 12 aromatic rings. The Kier molecular flexibility index (Phi) is 9.06. The van der Waals surface area contributed by atoms with Crippen LogP contribution < -0.4 is 9.80 Å². The lowest BCUT2D eigenvalue weighted by molar-refractivity contribution is 1.27. The third kappa shape index (κ3) is 6.67. The van der Waals surface area contributed by atoms with Crippen molar-refractivity contribution in [3.8, 4) is 22.3 Å². The molecule has 0 aliphatic carbocycles. The molecule has 0 aliphatic rings. The van der Waals surface area contributed by atoms with E-state index in [4.69, 9.17) is 0 Å². The van der Waals surface area contributed by atoms with E-state index in [1.54, 1.807) is 0 Å². The molecule has 1 heterocycles. The van der Waals surface area contributed by atoms with Gasteiger partial charge in [-0.3, -0.25) is 0 Å². The van der Waals surface area contributed by atoms with E-state index < -0.39 is 0 Å². The highest BCUT2D eigenvalue weighted by Crippen LogP contribution is 2.51.